The second-order valence-electron chi connectivity index (χ2n) is 5.04. The Morgan fingerprint density at radius 3 is 2.57 bits per heavy atom. The van der Waals surface area contributed by atoms with Gasteiger partial charge in [-0.2, -0.15) is 0 Å². The summed E-state index contributed by atoms with van der Waals surface area (Å²) in [6.45, 7) is 5.10. The summed E-state index contributed by atoms with van der Waals surface area (Å²) in [5.74, 6) is 0. The summed E-state index contributed by atoms with van der Waals surface area (Å²) >= 11 is 3.65. The molecule has 1 aromatic heterocycles. The molecule has 3 aromatic rings. The van der Waals surface area contributed by atoms with Crippen LogP contribution in [-0.4, -0.2) is 11.5 Å². The van der Waals surface area contributed by atoms with Crippen molar-refractivity contribution in [3.05, 3.63) is 58.6 Å². The molecular weight excluding hydrogens is 324 g/mol. The number of rotatable bonds is 3. The van der Waals surface area contributed by atoms with E-state index in [2.05, 4.69) is 65.4 Å². The lowest BCUT2D eigenvalue weighted by atomic mass is 10.1. The topological polar surface area (TPSA) is 24.9 Å². The van der Waals surface area contributed by atoms with Gasteiger partial charge in [0.05, 0.1) is 11.2 Å². The first-order valence-electron chi connectivity index (χ1n) is 7.10. The number of hydrogen-bond acceptors (Lipinski definition) is 2. The number of nitrogens with one attached hydrogen (secondary N) is 1. The number of hydrogen-bond donors (Lipinski definition) is 1. The summed E-state index contributed by atoms with van der Waals surface area (Å²) in [5, 5.41) is 4.61. The van der Waals surface area contributed by atoms with E-state index in [0.29, 0.717) is 0 Å². The number of aryl methyl sites for hydroxylation is 1. The average Bonchev–Trinajstić information content (AvgIpc) is 2.52. The van der Waals surface area contributed by atoms with Crippen LogP contribution in [0.4, 0.5) is 5.69 Å². The normalized spacial score (nSPS) is 10.8. The number of benzene rings is 2. The molecule has 0 saturated carbocycles. The molecule has 21 heavy (non-hydrogen) atoms. The molecule has 0 unspecified atom stereocenters. The van der Waals surface area contributed by atoms with Crippen LogP contribution >= 0.6 is 15.9 Å². The predicted molar refractivity (Wildman–Crippen MR) is 93.8 cm³/mol. The molecule has 0 aliphatic heterocycles. The zero-order valence-electron chi connectivity index (χ0n) is 12.2. The minimum atomic E-state index is 0.883. The van der Waals surface area contributed by atoms with Gasteiger partial charge >= 0.3 is 0 Å². The SMILES string of the molecule is CCNc1cc(-c2ccccc2)nc2c(C)ccc(Br)c12. The Labute approximate surface area is 133 Å². The molecule has 0 saturated heterocycles. The third-order valence-electron chi connectivity index (χ3n) is 3.55. The molecule has 0 bridgehead atoms. The highest BCUT2D eigenvalue weighted by Gasteiger charge is 2.11. The smallest absolute Gasteiger partial charge is 0.0770 e. The van der Waals surface area contributed by atoms with Gasteiger partial charge in [0.15, 0.2) is 0 Å². The van der Waals surface area contributed by atoms with Crippen LogP contribution in [-0.2, 0) is 0 Å². The molecule has 0 radical (unpaired) electrons. The summed E-state index contributed by atoms with van der Waals surface area (Å²) in [7, 11) is 0. The molecule has 0 aliphatic rings. The second-order valence-corrected chi connectivity index (χ2v) is 5.89. The van der Waals surface area contributed by atoms with E-state index in [-0.39, 0.29) is 0 Å². The van der Waals surface area contributed by atoms with E-state index < -0.39 is 0 Å². The molecule has 0 atom stereocenters. The monoisotopic (exact) mass is 340 g/mol. The lowest BCUT2D eigenvalue weighted by Gasteiger charge is -2.13. The van der Waals surface area contributed by atoms with Gasteiger partial charge in [-0.15, -0.1) is 0 Å². The molecule has 0 amide bonds. The van der Waals surface area contributed by atoms with Crippen molar-refractivity contribution < 1.29 is 0 Å². The second kappa shape index (κ2) is 5.86. The first-order valence-corrected chi connectivity index (χ1v) is 7.89. The van der Waals surface area contributed by atoms with Gasteiger partial charge in [0.2, 0.25) is 0 Å². The van der Waals surface area contributed by atoms with Crippen LogP contribution in [0, 0.1) is 6.92 Å². The van der Waals surface area contributed by atoms with Crippen LogP contribution in [0.5, 0.6) is 0 Å². The maximum Gasteiger partial charge on any atom is 0.0770 e. The number of anilines is 1. The van der Waals surface area contributed by atoms with E-state index in [4.69, 9.17) is 4.98 Å². The van der Waals surface area contributed by atoms with E-state index in [1.54, 1.807) is 0 Å². The van der Waals surface area contributed by atoms with Crippen molar-refractivity contribution in [2.45, 2.75) is 13.8 Å². The van der Waals surface area contributed by atoms with Crippen LogP contribution in [0.3, 0.4) is 0 Å². The number of halogens is 1. The molecule has 3 heteroatoms. The van der Waals surface area contributed by atoms with Crippen molar-refractivity contribution in [3.63, 3.8) is 0 Å². The molecule has 1 heterocycles. The van der Waals surface area contributed by atoms with Crippen molar-refractivity contribution in [1.29, 1.82) is 0 Å². The lowest BCUT2D eigenvalue weighted by molar-refractivity contribution is 1.21. The number of aromatic nitrogens is 1. The van der Waals surface area contributed by atoms with E-state index in [0.717, 1.165) is 38.9 Å². The summed E-state index contributed by atoms with van der Waals surface area (Å²) < 4.78 is 1.08. The molecule has 2 nitrogen and oxygen atoms in total. The fourth-order valence-electron chi connectivity index (χ4n) is 2.52. The van der Waals surface area contributed by atoms with Gasteiger partial charge < -0.3 is 5.32 Å². The molecule has 1 N–H and O–H groups in total. The molecule has 0 fully saturated rings. The minimum absolute atomic E-state index is 0.883. The Balaban J connectivity index is 2.32. The van der Waals surface area contributed by atoms with Crippen LogP contribution < -0.4 is 5.32 Å². The summed E-state index contributed by atoms with van der Waals surface area (Å²) in [4.78, 5) is 4.88. The standard InChI is InChI=1S/C18H17BrN2/c1-3-20-16-11-15(13-7-5-4-6-8-13)21-18-12(2)9-10-14(19)17(16)18/h4-11H,3H2,1-2H3,(H,20,21). The first kappa shape index (κ1) is 14.1. The highest BCUT2D eigenvalue weighted by atomic mass is 79.9. The minimum Gasteiger partial charge on any atom is -0.385 e. The van der Waals surface area contributed by atoms with Gasteiger partial charge in [0.25, 0.3) is 0 Å². The Morgan fingerprint density at radius 1 is 1.10 bits per heavy atom. The Bertz CT molecular complexity index is 782. The third-order valence-corrected chi connectivity index (χ3v) is 4.21. The van der Waals surface area contributed by atoms with Gasteiger partial charge in [-0.25, -0.2) is 4.98 Å². The van der Waals surface area contributed by atoms with Crippen LogP contribution in [0.25, 0.3) is 22.2 Å². The van der Waals surface area contributed by atoms with E-state index in [9.17, 15) is 0 Å². The van der Waals surface area contributed by atoms with Crippen molar-refractivity contribution in [2.24, 2.45) is 0 Å². The maximum atomic E-state index is 4.88. The van der Waals surface area contributed by atoms with Gasteiger partial charge in [-0.05, 0) is 31.5 Å². The summed E-state index contributed by atoms with van der Waals surface area (Å²) in [6.07, 6.45) is 0. The molecule has 2 aromatic carbocycles. The van der Waals surface area contributed by atoms with Crippen LogP contribution in [0.1, 0.15) is 12.5 Å². The first-order chi connectivity index (χ1) is 10.2. The molecule has 0 spiro atoms. The molecule has 3 rings (SSSR count). The average molecular weight is 341 g/mol. The van der Waals surface area contributed by atoms with E-state index in [1.165, 1.54) is 5.56 Å². The third kappa shape index (κ3) is 2.66. The number of nitrogens with zero attached hydrogens (tertiary/aromatic N) is 1. The fraction of sp³-hybridized carbons (Fsp3) is 0.167. The Hall–Kier alpha value is -1.87. The number of fused-ring (bicyclic) bond motifs is 1. The number of pyridine rings is 1. The predicted octanol–water partition coefficient (Wildman–Crippen LogP) is 5.40. The quantitative estimate of drug-likeness (QED) is 0.689. The van der Waals surface area contributed by atoms with Crippen molar-refractivity contribution in [1.82, 2.24) is 4.98 Å². The van der Waals surface area contributed by atoms with Gasteiger partial charge in [0.1, 0.15) is 0 Å². The van der Waals surface area contributed by atoms with Crippen LogP contribution in [0.15, 0.2) is 53.0 Å². The zero-order valence-corrected chi connectivity index (χ0v) is 13.7. The van der Waals surface area contributed by atoms with E-state index >= 15 is 0 Å². The fourth-order valence-corrected chi connectivity index (χ4v) is 3.05. The molecular formula is C18H17BrN2. The highest BCUT2D eigenvalue weighted by Crippen LogP contribution is 2.34. The highest BCUT2D eigenvalue weighted by molar-refractivity contribution is 9.10. The lowest BCUT2D eigenvalue weighted by Crippen LogP contribution is -2.00. The van der Waals surface area contributed by atoms with Gasteiger partial charge in [-0.1, -0.05) is 52.3 Å². The molecule has 106 valence electrons. The van der Waals surface area contributed by atoms with Crippen molar-refractivity contribution in [3.8, 4) is 11.3 Å². The van der Waals surface area contributed by atoms with Crippen molar-refractivity contribution in [2.75, 3.05) is 11.9 Å². The Kier molecular flexibility index (Phi) is 3.93. The molecule has 0 aliphatic carbocycles. The Morgan fingerprint density at radius 2 is 1.86 bits per heavy atom. The summed E-state index contributed by atoms with van der Waals surface area (Å²) in [6, 6.07) is 16.6. The van der Waals surface area contributed by atoms with Gasteiger partial charge in [-0.3, -0.25) is 0 Å². The van der Waals surface area contributed by atoms with Crippen LogP contribution in [0.2, 0.25) is 0 Å². The van der Waals surface area contributed by atoms with E-state index in [1.807, 2.05) is 18.2 Å². The maximum absolute atomic E-state index is 4.88. The van der Waals surface area contributed by atoms with Gasteiger partial charge in [0, 0.05) is 27.7 Å². The largest absolute Gasteiger partial charge is 0.385 e. The summed E-state index contributed by atoms with van der Waals surface area (Å²) in [5.41, 5.74) is 5.49. The van der Waals surface area contributed by atoms with Crippen molar-refractivity contribution >= 4 is 32.5 Å². The zero-order chi connectivity index (χ0) is 14.8.